The molecule has 1 aromatic heterocycles. The molecule has 1 aromatic carbocycles. The van der Waals surface area contributed by atoms with Gasteiger partial charge in [0.15, 0.2) is 0 Å². The summed E-state index contributed by atoms with van der Waals surface area (Å²) >= 11 is 0. The van der Waals surface area contributed by atoms with Crippen LogP contribution in [0.1, 0.15) is 0 Å². The van der Waals surface area contributed by atoms with Crippen molar-refractivity contribution < 1.29 is 4.39 Å². The van der Waals surface area contributed by atoms with Crippen molar-refractivity contribution in [3.63, 3.8) is 0 Å². The van der Waals surface area contributed by atoms with Crippen LogP contribution in [0.5, 0.6) is 0 Å². The maximum atomic E-state index is 13.0. The molecule has 2 rings (SSSR count). The summed E-state index contributed by atoms with van der Waals surface area (Å²) in [5.74, 6) is -0.246. The Hall–Kier alpha value is -1.64. The number of benzene rings is 1. The van der Waals surface area contributed by atoms with E-state index in [4.69, 9.17) is 0 Å². The largest absolute Gasteiger partial charge is 0.386 e. The van der Waals surface area contributed by atoms with Crippen molar-refractivity contribution in [2.75, 3.05) is 12.4 Å². The number of halogens is 1. The number of hydrogen-bond donors (Lipinski definition) is 1. The molecule has 0 saturated carbocycles. The molecular formula is C10H9FN2. The summed E-state index contributed by atoms with van der Waals surface area (Å²) in [6.45, 7) is 0. The molecule has 0 atom stereocenters. The first-order valence-electron chi connectivity index (χ1n) is 4.03. The molecule has 13 heavy (non-hydrogen) atoms. The van der Waals surface area contributed by atoms with Crippen LogP contribution in [0.2, 0.25) is 0 Å². The van der Waals surface area contributed by atoms with Crippen LogP contribution in [0.3, 0.4) is 0 Å². The quantitative estimate of drug-likeness (QED) is 0.721. The van der Waals surface area contributed by atoms with Gasteiger partial charge in [-0.3, -0.25) is 4.98 Å². The molecule has 0 amide bonds. The van der Waals surface area contributed by atoms with E-state index < -0.39 is 0 Å². The zero-order valence-corrected chi connectivity index (χ0v) is 7.21. The Kier molecular flexibility index (Phi) is 1.85. The minimum absolute atomic E-state index is 0.246. The fourth-order valence-electron chi connectivity index (χ4n) is 1.35. The number of nitrogens with zero attached hydrogens (tertiary/aromatic N) is 1. The lowest BCUT2D eigenvalue weighted by atomic mass is 10.2. The molecule has 2 aromatic rings. The summed E-state index contributed by atoms with van der Waals surface area (Å²) in [7, 11) is 1.75. The van der Waals surface area contributed by atoms with Crippen molar-refractivity contribution in [2.45, 2.75) is 0 Å². The Labute approximate surface area is 75.4 Å². The first-order chi connectivity index (χ1) is 6.31. The Morgan fingerprint density at radius 2 is 2.23 bits per heavy atom. The first kappa shape index (κ1) is 7.98. The Bertz CT molecular complexity index is 440. The fourth-order valence-corrected chi connectivity index (χ4v) is 1.35. The topological polar surface area (TPSA) is 24.9 Å². The maximum Gasteiger partial charge on any atom is 0.126 e. The van der Waals surface area contributed by atoms with Gasteiger partial charge in [-0.25, -0.2) is 4.39 Å². The van der Waals surface area contributed by atoms with Gasteiger partial charge in [0, 0.05) is 18.6 Å². The van der Waals surface area contributed by atoms with Crippen LogP contribution < -0.4 is 5.32 Å². The lowest BCUT2D eigenvalue weighted by Crippen LogP contribution is -1.92. The Morgan fingerprint density at radius 1 is 1.38 bits per heavy atom. The van der Waals surface area contributed by atoms with Gasteiger partial charge in [-0.2, -0.15) is 0 Å². The lowest BCUT2D eigenvalue weighted by molar-refractivity contribution is 0.630. The van der Waals surface area contributed by atoms with E-state index >= 15 is 0 Å². The van der Waals surface area contributed by atoms with E-state index in [-0.39, 0.29) is 5.82 Å². The second-order valence-electron chi connectivity index (χ2n) is 2.78. The highest BCUT2D eigenvalue weighted by atomic mass is 19.1. The molecule has 0 spiro atoms. The molecule has 0 saturated heterocycles. The van der Waals surface area contributed by atoms with Crippen LogP contribution in [-0.4, -0.2) is 12.0 Å². The van der Waals surface area contributed by atoms with E-state index in [1.54, 1.807) is 19.3 Å². The molecule has 0 fully saturated rings. The van der Waals surface area contributed by atoms with Crippen LogP contribution >= 0.6 is 0 Å². The minimum atomic E-state index is -0.246. The second kappa shape index (κ2) is 3.01. The zero-order valence-electron chi connectivity index (χ0n) is 7.21. The lowest BCUT2D eigenvalue weighted by Gasteiger charge is -2.04. The molecule has 0 radical (unpaired) electrons. The first-order valence-corrected chi connectivity index (χ1v) is 4.03. The van der Waals surface area contributed by atoms with Crippen LogP contribution in [0.25, 0.3) is 10.9 Å². The zero-order chi connectivity index (χ0) is 9.26. The average molecular weight is 176 g/mol. The monoisotopic (exact) mass is 176 g/mol. The van der Waals surface area contributed by atoms with Gasteiger partial charge in [-0.15, -0.1) is 0 Å². The minimum Gasteiger partial charge on any atom is -0.386 e. The molecule has 0 unspecified atom stereocenters. The third-order valence-corrected chi connectivity index (χ3v) is 1.94. The summed E-state index contributed by atoms with van der Waals surface area (Å²) in [5, 5.41) is 3.72. The van der Waals surface area contributed by atoms with Gasteiger partial charge in [-0.1, -0.05) is 6.07 Å². The third-order valence-electron chi connectivity index (χ3n) is 1.94. The van der Waals surface area contributed by atoms with Crippen LogP contribution in [-0.2, 0) is 0 Å². The Balaban J connectivity index is 2.81. The van der Waals surface area contributed by atoms with Gasteiger partial charge in [-0.05, 0) is 18.2 Å². The SMILES string of the molecule is CNc1cc(F)cc2cccnc12. The van der Waals surface area contributed by atoms with Gasteiger partial charge in [0.05, 0.1) is 11.2 Å². The second-order valence-corrected chi connectivity index (χ2v) is 2.78. The fraction of sp³-hybridized carbons (Fsp3) is 0.100. The smallest absolute Gasteiger partial charge is 0.126 e. The van der Waals surface area contributed by atoms with Crippen molar-refractivity contribution in [3.8, 4) is 0 Å². The van der Waals surface area contributed by atoms with E-state index in [2.05, 4.69) is 10.3 Å². The molecule has 0 aliphatic carbocycles. The molecule has 2 nitrogen and oxygen atoms in total. The number of aromatic nitrogens is 1. The molecule has 66 valence electrons. The van der Waals surface area contributed by atoms with Gasteiger partial charge in [0.2, 0.25) is 0 Å². The molecule has 0 bridgehead atoms. The van der Waals surface area contributed by atoms with E-state index in [0.29, 0.717) is 0 Å². The van der Waals surface area contributed by atoms with Crippen LogP contribution in [0.15, 0.2) is 30.5 Å². The Morgan fingerprint density at radius 3 is 3.00 bits per heavy atom. The summed E-state index contributed by atoms with van der Waals surface area (Å²) < 4.78 is 13.0. The molecule has 1 heterocycles. The van der Waals surface area contributed by atoms with Gasteiger partial charge >= 0.3 is 0 Å². The number of anilines is 1. The predicted octanol–water partition coefficient (Wildman–Crippen LogP) is 2.42. The van der Waals surface area contributed by atoms with Crippen molar-refractivity contribution >= 4 is 16.6 Å². The number of hydrogen-bond acceptors (Lipinski definition) is 2. The van der Waals surface area contributed by atoms with Crippen molar-refractivity contribution in [3.05, 3.63) is 36.3 Å². The number of rotatable bonds is 1. The van der Waals surface area contributed by atoms with E-state index in [0.717, 1.165) is 16.6 Å². The van der Waals surface area contributed by atoms with Gasteiger partial charge in [0.1, 0.15) is 5.82 Å². The molecular weight excluding hydrogens is 167 g/mol. The third kappa shape index (κ3) is 1.33. The normalized spacial score (nSPS) is 10.3. The van der Waals surface area contributed by atoms with E-state index in [9.17, 15) is 4.39 Å². The highest BCUT2D eigenvalue weighted by Gasteiger charge is 2.02. The van der Waals surface area contributed by atoms with Crippen LogP contribution in [0, 0.1) is 5.82 Å². The van der Waals surface area contributed by atoms with Crippen LogP contribution in [0.4, 0.5) is 10.1 Å². The van der Waals surface area contributed by atoms with Crippen molar-refractivity contribution in [2.24, 2.45) is 0 Å². The summed E-state index contributed by atoms with van der Waals surface area (Å²) in [6, 6.07) is 6.55. The van der Waals surface area contributed by atoms with Gasteiger partial charge in [0.25, 0.3) is 0 Å². The maximum absolute atomic E-state index is 13.0. The average Bonchev–Trinajstić information content (AvgIpc) is 2.16. The van der Waals surface area contributed by atoms with Crippen molar-refractivity contribution in [1.29, 1.82) is 0 Å². The molecule has 0 aliphatic rings. The van der Waals surface area contributed by atoms with Gasteiger partial charge < -0.3 is 5.32 Å². The molecule has 1 N–H and O–H groups in total. The number of fused-ring (bicyclic) bond motifs is 1. The highest BCUT2D eigenvalue weighted by Crippen LogP contribution is 2.21. The summed E-state index contributed by atoms with van der Waals surface area (Å²) in [4.78, 5) is 4.16. The van der Waals surface area contributed by atoms with Crippen molar-refractivity contribution in [1.82, 2.24) is 4.98 Å². The summed E-state index contributed by atoms with van der Waals surface area (Å²) in [5.41, 5.74) is 1.52. The number of pyridine rings is 1. The summed E-state index contributed by atoms with van der Waals surface area (Å²) in [6.07, 6.45) is 1.70. The number of nitrogens with one attached hydrogen (secondary N) is 1. The molecule has 3 heteroatoms. The predicted molar refractivity (Wildman–Crippen MR) is 51.2 cm³/mol. The standard InChI is InChI=1S/C10H9FN2/c1-12-9-6-8(11)5-7-3-2-4-13-10(7)9/h2-6,12H,1H3. The van der Waals surface area contributed by atoms with E-state index in [1.165, 1.54) is 12.1 Å². The van der Waals surface area contributed by atoms with E-state index in [1.807, 2.05) is 6.07 Å². The highest BCUT2D eigenvalue weighted by molar-refractivity contribution is 5.90. The molecule has 0 aliphatic heterocycles.